The van der Waals surface area contributed by atoms with Gasteiger partial charge in [0.2, 0.25) is 0 Å². The van der Waals surface area contributed by atoms with E-state index in [2.05, 4.69) is 0 Å². The maximum absolute atomic E-state index is 8.51. The van der Waals surface area contributed by atoms with Gasteiger partial charge in [-0.25, -0.2) is 0 Å². The van der Waals surface area contributed by atoms with Gasteiger partial charge >= 0.3 is 29.6 Å². The zero-order valence-electron chi connectivity index (χ0n) is 7.45. The Labute approximate surface area is 84.8 Å². The van der Waals surface area contributed by atoms with Crippen LogP contribution in [0.1, 0.15) is 14.3 Å². The van der Waals surface area contributed by atoms with E-state index in [0.29, 0.717) is 12.8 Å². The molecule has 0 heterocycles. The standard InChI is InChI=1S/C6H14O3.Na.H/c7-3-1-2-6(4-8)5-9;;/h6-9H,1-5H2;;/q;+1;-1. The van der Waals surface area contributed by atoms with Crippen molar-refractivity contribution < 1.29 is 46.3 Å². The Hall–Kier alpha value is 0.880. The number of aliphatic hydroxyl groups excluding tert-OH is 3. The predicted molar refractivity (Wildman–Crippen MR) is 35.1 cm³/mol. The minimum Gasteiger partial charge on any atom is -1.00 e. The number of hydrogen-bond donors (Lipinski definition) is 3. The summed E-state index contributed by atoms with van der Waals surface area (Å²) in [5, 5.41) is 25.4. The van der Waals surface area contributed by atoms with E-state index in [-0.39, 0.29) is 56.7 Å². The molecule has 0 aliphatic carbocycles. The summed E-state index contributed by atoms with van der Waals surface area (Å²) in [7, 11) is 0. The summed E-state index contributed by atoms with van der Waals surface area (Å²) in [6.45, 7) is 0.156. The third-order valence-electron chi connectivity index (χ3n) is 1.29. The van der Waals surface area contributed by atoms with Crippen molar-refractivity contribution in [2.45, 2.75) is 12.8 Å². The molecule has 0 saturated carbocycles. The summed E-state index contributed by atoms with van der Waals surface area (Å²) in [5.41, 5.74) is 0. The van der Waals surface area contributed by atoms with Gasteiger partial charge in [-0.2, -0.15) is 0 Å². The van der Waals surface area contributed by atoms with Crippen LogP contribution >= 0.6 is 0 Å². The van der Waals surface area contributed by atoms with E-state index in [4.69, 9.17) is 15.3 Å². The fourth-order valence-electron chi connectivity index (χ4n) is 0.620. The third-order valence-corrected chi connectivity index (χ3v) is 1.29. The molecule has 0 aliphatic heterocycles. The van der Waals surface area contributed by atoms with E-state index in [1.54, 1.807) is 0 Å². The number of aliphatic hydroxyl groups is 3. The molecule has 3 nitrogen and oxygen atoms in total. The molecule has 0 bridgehead atoms. The van der Waals surface area contributed by atoms with Crippen molar-refractivity contribution in [1.82, 2.24) is 0 Å². The summed E-state index contributed by atoms with van der Waals surface area (Å²) >= 11 is 0. The molecule has 0 spiro atoms. The van der Waals surface area contributed by atoms with Gasteiger partial charge in [0.25, 0.3) is 0 Å². The van der Waals surface area contributed by atoms with Crippen LogP contribution in [0, 0.1) is 5.92 Å². The molecule has 4 heteroatoms. The summed E-state index contributed by atoms with van der Waals surface area (Å²) in [4.78, 5) is 0. The largest absolute Gasteiger partial charge is 1.00 e. The van der Waals surface area contributed by atoms with E-state index in [1.807, 2.05) is 0 Å². The summed E-state index contributed by atoms with van der Waals surface area (Å²) in [5.74, 6) is -0.0443. The van der Waals surface area contributed by atoms with Crippen molar-refractivity contribution in [3.8, 4) is 0 Å². The first-order chi connectivity index (χ1) is 4.35. The Morgan fingerprint density at radius 1 is 1.10 bits per heavy atom. The molecular formula is C6H15NaO3. The van der Waals surface area contributed by atoms with Gasteiger partial charge in [0, 0.05) is 25.7 Å². The van der Waals surface area contributed by atoms with E-state index in [1.165, 1.54) is 0 Å². The Morgan fingerprint density at radius 3 is 1.90 bits per heavy atom. The van der Waals surface area contributed by atoms with Crippen LogP contribution in [0.2, 0.25) is 0 Å². The second-order valence-corrected chi connectivity index (χ2v) is 2.10. The Bertz CT molecular complexity index is 61.8. The smallest absolute Gasteiger partial charge is 1.00 e. The van der Waals surface area contributed by atoms with E-state index in [0.717, 1.165) is 0 Å². The van der Waals surface area contributed by atoms with Crippen molar-refractivity contribution in [3.05, 3.63) is 0 Å². The Morgan fingerprint density at radius 2 is 1.60 bits per heavy atom. The maximum atomic E-state index is 8.51. The molecule has 0 aromatic heterocycles. The predicted octanol–water partition coefficient (Wildman–Crippen LogP) is -3.52. The van der Waals surface area contributed by atoms with Crippen molar-refractivity contribution in [2.24, 2.45) is 5.92 Å². The average Bonchev–Trinajstić information content (AvgIpc) is 1.91. The molecule has 10 heavy (non-hydrogen) atoms. The minimum atomic E-state index is -0.0443. The quantitative estimate of drug-likeness (QED) is 0.363. The van der Waals surface area contributed by atoms with Crippen LogP contribution in [0.15, 0.2) is 0 Å². The molecule has 0 aromatic rings. The molecule has 3 N–H and O–H groups in total. The molecule has 58 valence electrons. The first-order valence-corrected chi connectivity index (χ1v) is 3.17. The molecule has 0 rings (SSSR count). The summed E-state index contributed by atoms with van der Waals surface area (Å²) < 4.78 is 0. The topological polar surface area (TPSA) is 60.7 Å². The molecular weight excluding hydrogens is 143 g/mol. The van der Waals surface area contributed by atoms with Crippen LogP contribution in [-0.2, 0) is 0 Å². The third kappa shape index (κ3) is 6.99. The first kappa shape index (κ1) is 13.5. The normalized spacial score (nSPS) is 9.60. The average molecular weight is 158 g/mol. The molecule has 0 atom stereocenters. The molecule has 0 unspecified atom stereocenters. The molecule has 0 saturated heterocycles. The first-order valence-electron chi connectivity index (χ1n) is 3.17. The maximum Gasteiger partial charge on any atom is 1.00 e. The van der Waals surface area contributed by atoms with Crippen LogP contribution in [0.25, 0.3) is 0 Å². The fourth-order valence-corrected chi connectivity index (χ4v) is 0.620. The fraction of sp³-hybridized carbons (Fsp3) is 1.00. The zero-order valence-corrected chi connectivity index (χ0v) is 8.45. The SMILES string of the molecule is OCCCC(CO)CO.[H-].[Na+]. The van der Waals surface area contributed by atoms with Gasteiger partial charge in [0.15, 0.2) is 0 Å². The van der Waals surface area contributed by atoms with Crippen molar-refractivity contribution >= 4 is 0 Å². The molecule has 0 radical (unpaired) electrons. The van der Waals surface area contributed by atoms with Crippen LogP contribution < -0.4 is 29.6 Å². The van der Waals surface area contributed by atoms with Gasteiger partial charge in [-0.05, 0) is 12.8 Å². The van der Waals surface area contributed by atoms with Crippen molar-refractivity contribution in [2.75, 3.05) is 19.8 Å². The van der Waals surface area contributed by atoms with Gasteiger partial charge in [-0.3, -0.25) is 0 Å². The summed E-state index contributed by atoms with van der Waals surface area (Å²) in [6, 6.07) is 0. The molecule has 0 amide bonds. The molecule has 0 fully saturated rings. The zero-order chi connectivity index (χ0) is 7.11. The number of rotatable bonds is 5. The molecule has 0 aromatic carbocycles. The van der Waals surface area contributed by atoms with Gasteiger partial charge < -0.3 is 16.7 Å². The van der Waals surface area contributed by atoms with Crippen LogP contribution in [0.4, 0.5) is 0 Å². The van der Waals surface area contributed by atoms with E-state index < -0.39 is 0 Å². The Balaban J connectivity index is -0.000000320. The van der Waals surface area contributed by atoms with Gasteiger partial charge in [-0.15, -0.1) is 0 Å². The molecule has 0 aliphatic rings. The second kappa shape index (κ2) is 9.88. The monoisotopic (exact) mass is 158 g/mol. The van der Waals surface area contributed by atoms with Gasteiger partial charge in [0.05, 0.1) is 0 Å². The van der Waals surface area contributed by atoms with Crippen molar-refractivity contribution in [1.29, 1.82) is 0 Å². The van der Waals surface area contributed by atoms with E-state index >= 15 is 0 Å². The minimum absolute atomic E-state index is 0. The number of hydrogen-bond acceptors (Lipinski definition) is 3. The van der Waals surface area contributed by atoms with Gasteiger partial charge in [0.1, 0.15) is 0 Å². The summed E-state index contributed by atoms with van der Waals surface area (Å²) in [6.07, 6.45) is 1.36. The second-order valence-electron chi connectivity index (χ2n) is 2.10. The van der Waals surface area contributed by atoms with Crippen molar-refractivity contribution in [3.63, 3.8) is 0 Å². The van der Waals surface area contributed by atoms with Crippen LogP contribution in [0.5, 0.6) is 0 Å². The van der Waals surface area contributed by atoms with Crippen LogP contribution in [-0.4, -0.2) is 35.1 Å². The van der Waals surface area contributed by atoms with E-state index in [9.17, 15) is 0 Å². The van der Waals surface area contributed by atoms with Gasteiger partial charge in [-0.1, -0.05) is 0 Å². The van der Waals surface area contributed by atoms with Crippen LogP contribution in [0.3, 0.4) is 0 Å². The Kier molecular flexibility index (Phi) is 13.3.